The Bertz CT molecular complexity index is 597. The maximum absolute atomic E-state index is 13.8. The van der Waals surface area contributed by atoms with Crippen LogP contribution >= 0.6 is 11.3 Å². The van der Waals surface area contributed by atoms with Gasteiger partial charge in [0.2, 0.25) is 0 Å². The monoisotopic (exact) mass is 281 g/mol. The van der Waals surface area contributed by atoms with Gasteiger partial charge in [-0.3, -0.25) is 4.79 Å². The number of thiazole rings is 1. The highest BCUT2D eigenvalue weighted by atomic mass is 32.1. The first-order valence-electron chi connectivity index (χ1n) is 5.60. The number of hydrogen-bond donors (Lipinski definition) is 1. The highest BCUT2D eigenvalue weighted by Gasteiger charge is 2.11. The van der Waals surface area contributed by atoms with Crippen molar-refractivity contribution in [3.8, 4) is 16.3 Å². The van der Waals surface area contributed by atoms with Crippen molar-refractivity contribution < 1.29 is 19.0 Å². The summed E-state index contributed by atoms with van der Waals surface area (Å²) in [5, 5.41) is 10.9. The Hall–Kier alpha value is -1.95. The minimum atomic E-state index is -0.870. The summed E-state index contributed by atoms with van der Waals surface area (Å²) in [7, 11) is 1.47. The predicted octanol–water partition coefficient (Wildman–Crippen LogP) is 2.98. The van der Waals surface area contributed by atoms with Crippen LogP contribution in [0.3, 0.4) is 0 Å². The fourth-order valence-corrected chi connectivity index (χ4v) is 2.46. The third kappa shape index (κ3) is 3.29. The van der Waals surface area contributed by atoms with Crippen molar-refractivity contribution >= 4 is 17.3 Å². The van der Waals surface area contributed by atoms with Crippen LogP contribution in [0.1, 0.15) is 12.1 Å². The molecule has 0 saturated heterocycles. The van der Waals surface area contributed by atoms with Crippen LogP contribution < -0.4 is 4.74 Å². The molecule has 0 aliphatic heterocycles. The highest BCUT2D eigenvalue weighted by molar-refractivity contribution is 7.13. The number of aromatic nitrogens is 1. The zero-order chi connectivity index (χ0) is 13.8. The molecule has 6 heteroatoms. The van der Waals surface area contributed by atoms with Gasteiger partial charge in [-0.05, 0) is 12.1 Å². The van der Waals surface area contributed by atoms with E-state index < -0.39 is 11.8 Å². The van der Waals surface area contributed by atoms with Gasteiger partial charge < -0.3 is 9.84 Å². The van der Waals surface area contributed by atoms with Gasteiger partial charge in [0.25, 0.3) is 0 Å². The van der Waals surface area contributed by atoms with Gasteiger partial charge in [-0.25, -0.2) is 9.37 Å². The number of benzene rings is 1. The van der Waals surface area contributed by atoms with Crippen LogP contribution in [0.2, 0.25) is 0 Å². The minimum absolute atomic E-state index is 0.0221. The standard InChI is InChI=1S/C13H12FNO3S/c1-18-9-3-4-10(11(14)6-9)13-15-8(7-19-13)2-5-12(16)17/h3-4,6-7H,2,5H2,1H3,(H,16,17). The lowest BCUT2D eigenvalue weighted by Crippen LogP contribution is -1.97. The Morgan fingerprint density at radius 3 is 2.95 bits per heavy atom. The normalized spacial score (nSPS) is 10.4. The Morgan fingerprint density at radius 1 is 1.53 bits per heavy atom. The van der Waals surface area contributed by atoms with Gasteiger partial charge in [0, 0.05) is 23.4 Å². The molecule has 0 amide bonds. The molecular weight excluding hydrogens is 269 g/mol. The highest BCUT2D eigenvalue weighted by Crippen LogP contribution is 2.29. The summed E-state index contributed by atoms with van der Waals surface area (Å²) in [6.45, 7) is 0. The van der Waals surface area contributed by atoms with E-state index in [1.54, 1.807) is 17.5 Å². The van der Waals surface area contributed by atoms with E-state index in [2.05, 4.69) is 4.98 Å². The summed E-state index contributed by atoms with van der Waals surface area (Å²) in [4.78, 5) is 14.7. The van der Waals surface area contributed by atoms with Crippen LogP contribution in [0.15, 0.2) is 23.6 Å². The lowest BCUT2D eigenvalue weighted by Gasteiger charge is -2.02. The summed E-state index contributed by atoms with van der Waals surface area (Å²) in [5.74, 6) is -0.826. The summed E-state index contributed by atoms with van der Waals surface area (Å²) in [6, 6.07) is 4.57. The summed E-state index contributed by atoms with van der Waals surface area (Å²) in [5.41, 5.74) is 1.06. The van der Waals surface area contributed by atoms with Crippen molar-refractivity contribution in [2.45, 2.75) is 12.8 Å². The van der Waals surface area contributed by atoms with Crippen molar-refractivity contribution in [3.63, 3.8) is 0 Å². The van der Waals surface area contributed by atoms with Gasteiger partial charge in [0.05, 0.1) is 19.2 Å². The van der Waals surface area contributed by atoms with Crippen molar-refractivity contribution in [1.29, 1.82) is 0 Å². The fourth-order valence-electron chi connectivity index (χ4n) is 1.58. The van der Waals surface area contributed by atoms with Gasteiger partial charge in [0.15, 0.2) is 0 Å². The van der Waals surface area contributed by atoms with Gasteiger partial charge in [-0.2, -0.15) is 0 Å². The molecule has 19 heavy (non-hydrogen) atoms. The Morgan fingerprint density at radius 2 is 2.32 bits per heavy atom. The number of hydrogen-bond acceptors (Lipinski definition) is 4. The first kappa shape index (κ1) is 13.5. The second-order valence-corrected chi connectivity index (χ2v) is 4.74. The van der Waals surface area contributed by atoms with E-state index in [0.717, 1.165) is 0 Å². The van der Waals surface area contributed by atoms with Crippen LogP contribution in [0.5, 0.6) is 5.75 Å². The molecule has 0 bridgehead atoms. The third-order valence-corrected chi connectivity index (χ3v) is 3.48. The average molecular weight is 281 g/mol. The lowest BCUT2D eigenvalue weighted by molar-refractivity contribution is -0.136. The molecule has 0 fully saturated rings. The third-order valence-electron chi connectivity index (χ3n) is 2.55. The summed E-state index contributed by atoms with van der Waals surface area (Å²) < 4.78 is 18.8. The smallest absolute Gasteiger partial charge is 0.303 e. The number of rotatable bonds is 5. The number of carbonyl (C=O) groups is 1. The summed E-state index contributed by atoms with van der Waals surface area (Å²) in [6.07, 6.45) is 0.373. The lowest BCUT2D eigenvalue weighted by atomic mass is 10.2. The number of aryl methyl sites for hydroxylation is 1. The topological polar surface area (TPSA) is 59.4 Å². The maximum atomic E-state index is 13.8. The van der Waals surface area contributed by atoms with Crippen molar-refractivity contribution in [1.82, 2.24) is 4.98 Å². The molecular formula is C13H12FNO3S. The van der Waals surface area contributed by atoms with Gasteiger partial charge in [0.1, 0.15) is 16.6 Å². The molecule has 0 spiro atoms. The average Bonchev–Trinajstić information content (AvgIpc) is 2.84. The van der Waals surface area contributed by atoms with Gasteiger partial charge in [-0.15, -0.1) is 11.3 Å². The molecule has 0 aliphatic rings. The van der Waals surface area contributed by atoms with Crippen LogP contribution in [0.25, 0.3) is 10.6 Å². The quantitative estimate of drug-likeness (QED) is 0.915. The number of carboxylic acids is 1. The van der Waals surface area contributed by atoms with E-state index in [4.69, 9.17) is 9.84 Å². The minimum Gasteiger partial charge on any atom is -0.497 e. The SMILES string of the molecule is COc1ccc(-c2nc(CCC(=O)O)cs2)c(F)c1. The molecule has 0 saturated carbocycles. The van der Waals surface area contributed by atoms with Crippen LogP contribution in [0.4, 0.5) is 4.39 Å². The molecule has 1 heterocycles. The maximum Gasteiger partial charge on any atom is 0.303 e. The van der Waals surface area contributed by atoms with Crippen LogP contribution in [-0.2, 0) is 11.2 Å². The Kier molecular flexibility index (Phi) is 4.11. The van der Waals surface area contributed by atoms with Gasteiger partial charge >= 0.3 is 5.97 Å². The number of methoxy groups -OCH3 is 1. The fraction of sp³-hybridized carbons (Fsp3) is 0.231. The zero-order valence-corrected chi connectivity index (χ0v) is 11.0. The second-order valence-electron chi connectivity index (χ2n) is 3.88. The number of nitrogens with zero attached hydrogens (tertiary/aromatic N) is 1. The van der Waals surface area contributed by atoms with Crippen molar-refractivity contribution in [2.75, 3.05) is 7.11 Å². The number of carboxylic acid groups (broad SMARTS) is 1. The van der Waals surface area contributed by atoms with Crippen molar-refractivity contribution in [2.24, 2.45) is 0 Å². The summed E-state index contributed by atoms with van der Waals surface area (Å²) >= 11 is 1.30. The predicted molar refractivity (Wildman–Crippen MR) is 70.0 cm³/mol. The van der Waals surface area contributed by atoms with E-state index >= 15 is 0 Å². The van der Waals surface area contributed by atoms with Crippen LogP contribution in [0, 0.1) is 5.82 Å². The first-order valence-corrected chi connectivity index (χ1v) is 6.48. The Balaban J connectivity index is 2.20. The molecule has 1 aromatic heterocycles. The molecule has 2 rings (SSSR count). The van der Waals surface area contributed by atoms with Gasteiger partial charge in [-0.1, -0.05) is 0 Å². The van der Waals surface area contributed by atoms with E-state index in [-0.39, 0.29) is 6.42 Å². The number of ether oxygens (including phenoxy) is 1. The molecule has 0 aliphatic carbocycles. The molecule has 1 aromatic carbocycles. The molecule has 0 unspecified atom stereocenters. The molecule has 0 atom stereocenters. The number of halogens is 1. The second kappa shape index (κ2) is 5.79. The first-order chi connectivity index (χ1) is 9.10. The van der Waals surface area contributed by atoms with Crippen LogP contribution in [-0.4, -0.2) is 23.2 Å². The molecule has 100 valence electrons. The van der Waals surface area contributed by atoms with E-state index in [0.29, 0.717) is 28.4 Å². The van der Waals surface area contributed by atoms with Crippen molar-refractivity contribution in [3.05, 3.63) is 35.1 Å². The molecule has 4 nitrogen and oxygen atoms in total. The van der Waals surface area contributed by atoms with E-state index in [1.807, 2.05) is 0 Å². The van der Waals surface area contributed by atoms with E-state index in [1.165, 1.54) is 24.5 Å². The number of aliphatic carboxylic acids is 1. The zero-order valence-electron chi connectivity index (χ0n) is 10.2. The molecule has 0 radical (unpaired) electrons. The molecule has 2 aromatic rings. The molecule has 1 N–H and O–H groups in total. The van der Waals surface area contributed by atoms with E-state index in [9.17, 15) is 9.18 Å². The Labute approximate surface area is 113 Å². The largest absolute Gasteiger partial charge is 0.497 e.